The second kappa shape index (κ2) is 14.7. The molecule has 4 heteroatoms. The highest BCUT2D eigenvalue weighted by Gasteiger charge is 2.54. The van der Waals surface area contributed by atoms with Crippen LogP contribution in [0.4, 0.5) is 0 Å². The van der Waals surface area contributed by atoms with Gasteiger partial charge in [-0.2, -0.15) is 0 Å². The average molecular weight is 915 g/mol. The Labute approximate surface area is 417 Å². The number of pyridine rings is 2. The minimum absolute atomic E-state index is 0.482. The molecule has 4 nitrogen and oxygen atoms in total. The average Bonchev–Trinajstić information content (AvgIpc) is 4.13. The van der Waals surface area contributed by atoms with Gasteiger partial charge in [-0.25, -0.2) is 9.97 Å². The van der Waals surface area contributed by atoms with Gasteiger partial charge in [0.15, 0.2) is 0 Å². The van der Waals surface area contributed by atoms with Crippen molar-refractivity contribution in [3.05, 3.63) is 281 Å². The highest BCUT2D eigenvalue weighted by molar-refractivity contribution is 6.01. The van der Waals surface area contributed by atoms with Crippen LogP contribution in [-0.4, -0.2) is 19.9 Å². The smallest absolute Gasteiger partial charge is 0.0973 e. The fourth-order valence-electron chi connectivity index (χ4n) is 13.7. The van der Waals surface area contributed by atoms with E-state index in [2.05, 4.69) is 204 Å². The quantitative estimate of drug-likeness (QED) is 0.176. The maximum absolute atomic E-state index is 5.63. The lowest BCUT2D eigenvalue weighted by molar-refractivity contribution is 0.714. The van der Waals surface area contributed by atoms with Gasteiger partial charge in [0.2, 0.25) is 0 Å². The molecule has 0 radical (unpaired) electrons. The predicted molar refractivity (Wildman–Crippen MR) is 290 cm³/mol. The Morgan fingerprint density at radius 2 is 0.750 bits per heavy atom. The Morgan fingerprint density at radius 1 is 0.333 bits per heavy atom. The largest absolute Gasteiger partial charge is 0.264 e. The van der Waals surface area contributed by atoms with Gasteiger partial charge in [-0.1, -0.05) is 158 Å². The van der Waals surface area contributed by atoms with E-state index in [4.69, 9.17) is 9.97 Å². The molecular formula is C68H42N4. The van der Waals surface area contributed by atoms with Crippen molar-refractivity contribution in [2.24, 2.45) is 0 Å². The van der Waals surface area contributed by atoms with Gasteiger partial charge in [0.1, 0.15) is 0 Å². The van der Waals surface area contributed by atoms with Crippen LogP contribution in [0.1, 0.15) is 57.3 Å². The van der Waals surface area contributed by atoms with E-state index in [1.165, 1.54) is 94.6 Å². The van der Waals surface area contributed by atoms with Gasteiger partial charge in [-0.15, -0.1) is 0 Å². The molecule has 8 aromatic carbocycles. The maximum Gasteiger partial charge on any atom is 0.0973 e. The van der Waals surface area contributed by atoms with Gasteiger partial charge < -0.3 is 0 Å². The predicted octanol–water partition coefficient (Wildman–Crippen LogP) is 15.9. The molecule has 0 N–H and O–H groups in total. The molecular weight excluding hydrogens is 873 g/mol. The highest BCUT2D eigenvalue weighted by Crippen LogP contribution is 2.66. The lowest BCUT2D eigenvalue weighted by Gasteiger charge is -2.34. The molecule has 334 valence electrons. The van der Waals surface area contributed by atoms with E-state index in [0.29, 0.717) is 0 Å². The molecule has 72 heavy (non-hydrogen) atoms. The number of para-hydroxylation sites is 2. The number of fused-ring (bicyclic) bond motifs is 20. The van der Waals surface area contributed by atoms with Crippen molar-refractivity contribution in [3.63, 3.8) is 0 Å². The SMILES string of the molecule is C1=CC2=C(CC1)C1(c3ccccc32)c2cc(-c3cccnc3)ccc2-c2ccc(-c3nc4ccccc4nc3-c3ccc4c(c3)C3(c5ccccc5-c5ccccc53)c3cc(-c5cccnc5)ccc3-4)cc21. The molecule has 2 spiro atoms. The zero-order valence-electron chi connectivity index (χ0n) is 39.1. The van der Waals surface area contributed by atoms with E-state index < -0.39 is 10.8 Å². The third-order valence-electron chi connectivity index (χ3n) is 16.6. The Morgan fingerprint density at radius 3 is 1.25 bits per heavy atom. The first-order valence-electron chi connectivity index (χ1n) is 25.1. The molecule has 1 atom stereocenters. The van der Waals surface area contributed by atoms with Crippen LogP contribution >= 0.6 is 0 Å². The topological polar surface area (TPSA) is 51.6 Å². The molecule has 3 heterocycles. The van der Waals surface area contributed by atoms with E-state index in [0.717, 1.165) is 63.1 Å². The van der Waals surface area contributed by atoms with Crippen LogP contribution < -0.4 is 0 Å². The molecule has 5 aliphatic carbocycles. The number of benzene rings is 8. The third kappa shape index (κ3) is 5.15. The van der Waals surface area contributed by atoms with Crippen LogP contribution in [0.2, 0.25) is 0 Å². The zero-order valence-corrected chi connectivity index (χ0v) is 39.1. The number of nitrogens with zero attached hydrogens (tertiary/aromatic N) is 4. The summed E-state index contributed by atoms with van der Waals surface area (Å²) in [6.07, 6.45) is 14.4. The van der Waals surface area contributed by atoms with Gasteiger partial charge in [-0.3, -0.25) is 9.97 Å². The summed E-state index contributed by atoms with van der Waals surface area (Å²) in [4.78, 5) is 20.3. The van der Waals surface area contributed by atoms with E-state index in [1.807, 2.05) is 36.9 Å². The molecule has 0 saturated heterocycles. The molecule has 0 amide bonds. The first-order chi connectivity index (χ1) is 35.7. The Bertz CT molecular complexity index is 4180. The van der Waals surface area contributed by atoms with Gasteiger partial charge >= 0.3 is 0 Å². The molecule has 1 unspecified atom stereocenters. The summed E-state index contributed by atoms with van der Waals surface area (Å²) >= 11 is 0. The summed E-state index contributed by atoms with van der Waals surface area (Å²) in [7, 11) is 0. The summed E-state index contributed by atoms with van der Waals surface area (Å²) < 4.78 is 0. The fourth-order valence-corrected chi connectivity index (χ4v) is 13.7. The molecule has 5 aliphatic rings. The second-order valence-corrected chi connectivity index (χ2v) is 19.9. The van der Waals surface area contributed by atoms with Crippen LogP contribution in [-0.2, 0) is 10.8 Å². The molecule has 11 aromatic rings. The van der Waals surface area contributed by atoms with Crippen molar-refractivity contribution in [2.45, 2.75) is 23.7 Å². The van der Waals surface area contributed by atoms with Crippen molar-refractivity contribution >= 4 is 16.6 Å². The number of allylic oxidation sites excluding steroid dienone is 4. The molecule has 3 aromatic heterocycles. The van der Waals surface area contributed by atoms with Crippen molar-refractivity contribution in [3.8, 4) is 78.1 Å². The number of hydrogen-bond acceptors (Lipinski definition) is 4. The number of aromatic nitrogens is 4. The Balaban J connectivity index is 0.943. The van der Waals surface area contributed by atoms with Gasteiger partial charge in [0, 0.05) is 35.9 Å². The second-order valence-electron chi connectivity index (χ2n) is 19.9. The van der Waals surface area contributed by atoms with E-state index in [9.17, 15) is 0 Å². The van der Waals surface area contributed by atoms with Gasteiger partial charge in [0.05, 0.1) is 33.3 Å². The monoisotopic (exact) mass is 914 g/mol. The summed E-state index contributed by atoms with van der Waals surface area (Å²) in [5.74, 6) is 0. The van der Waals surface area contributed by atoms with Crippen molar-refractivity contribution < 1.29 is 0 Å². The van der Waals surface area contributed by atoms with Crippen molar-refractivity contribution in [1.29, 1.82) is 0 Å². The van der Waals surface area contributed by atoms with Crippen molar-refractivity contribution in [1.82, 2.24) is 19.9 Å². The summed E-state index contributed by atoms with van der Waals surface area (Å²) in [5.41, 5.74) is 29.9. The standard InChI is InChI=1S/C68H42N4/c1-5-19-55-47(15-1)48-16-2-6-20-56(48)67(55)59-35-41(45-13-11-33-69-39-45)25-29-51(59)53-31-27-43(37-61(53)67)65-66(72-64-24-10-9-23-63(64)71-65)44-28-32-54-52-30-26-42(46-14-12-34-70-40-46)36-60(52)68(62(54)38-44)57-21-7-3-17-49(57)50-18-4-8-22-58(50)68/h1-7,9-21,23-40H,8,22H2. The Hall–Kier alpha value is -9.12. The maximum atomic E-state index is 5.63. The number of rotatable bonds is 4. The molecule has 0 aliphatic heterocycles. The van der Waals surface area contributed by atoms with E-state index >= 15 is 0 Å². The van der Waals surface area contributed by atoms with E-state index in [-0.39, 0.29) is 0 Å². The van der Waals surface area contributed by atoms with Crippen LogP contribution in [0.25, 0.3) is 94.8 Å². The minimum Gasteiger partial charge on any atom is -0.264 e. The lowest BCUT2D eigenvalue weighted by Crippen LogP contribution is -2.28. The summed E-state index contributed by atoms with van der Waals surface area (Å²) in [5, 5.41) is 0. The van der Waals surface area contributed by atoms with Crippen LogP contribution in [0.3, 0.4) is 0 Å². The molecule has 16 rings (SSSR count). The zero-order chi connectivity index (χ0) is 47.1. The third-order valence-corrected chi connectivity index (χ3v) is 16.6. The fraction of sp³-hybridized carbons (Fsp3) is 0.0588. The van der Waals surface area contributed by atoms with Crippen LogP contribution in [0, 0.1) is 0 Å². The first-order valence-corrected chi connectivity index (χ1v) is 25.1. The van der Waals surface area contributed by atoms with Gasteiger partial charge in [-0.05, 0) is 173 Å². The molecule has 0 fully saturated rings. The number of hydrogen-bond donors (Lipinski definition) is 0. The minimum atomic E-state index is -0.563. The lowest BCUT2D eigenvalue weighted by atomic mass is 9.67. The van der Waals surface area contributed by atoms with Crippen molar-refractivity contribution in [2.75, 3.05) is 0 Å². The summed E-state index contributed by atoms with van der Waals surface area (Å²) in [6.45, 7) is 0. The van der Waals surface area contributed by atoms with Gasteiger partial charge in [0.25, 0.3) is 0 Å². The van der Waals surface area contributed by atoms with Crippen LogP contribution in [0.5, 0.6) is 0 Å². The highest BCUT2D eigenvalue weighted by atomic mass is 14.8. The van der Waals surface area contributed by atoms with E-state index in [1.54, 1.807) is 0 Å². The normalized spacial score (nSPS) is 16.6. The first kappa shape index (κ1) is 39.7. The Kier molecular flexibility index (Phi) is 8.11. The van der Waals surface area contributed by atoms with Crippen LogP contribution in [0.15, 0.2) is 237 Å². The molecule has 0 bridgehead atoms. The summed E-state index contributed by atoms with van der Waals surface area (Å²) in [6, 6.07) is 72.2. The molecule has 0 saturated carbocycles.